The number of nitrogens with zero attached hydrogens (tertiary/aromatic N) is 1. The first-order valence-electron chi connectivity index (χ1n) is 13.1. The van der Waals surface area contributed by atoms with Crippen LogP contribution in [0.25, 0.3) is 0 Å². The number of carbonyl (C=O) groups is 5. The molecule has 0 bridgehead atoms. The minimum Gasteiger partial charge on any atom is -0.481 e. The number of guanidine groups is 1. The van der Waals surface area contributed by atoms with Gasteiger partial charge in [-0.15, -0.1) is 0 Å². The van der Waals surface area contributed by atoms with Crippen LogP contribution in [0.2, 0.25) is 0 Å². The minimum absolute atomic E-state index is 0.0293. The molecule has 0 aromatic heterocycles. The molecule has 1 aromatic carbocycles. The molecule has 5 atom stereocenters. The Hall–Kier alpha value is -4.20. The van der Waals surface area contributed by atoms with Gasteiger partial charge in [0, 0.05) is 19.4 Å². The number of carbonyl (C=O) groups excluding carboxylic acids is 3. The molecule has 0 spiro atoms. The van der Waals surface area contributed by atoms with E-state index in [1.54, 1.807) is 37.3 Å². The molecule has 1 rings (SSSR count). The largest absolute Gasteiger partial charge is 0.481 e. The van der Waals surface area contributed by atoms with Crippen molar-refractivity contribution in [1.29, 1.82) is 0 Å². The fraction of sp³-hybridized carbons (Fsp3) is 0.538. The molecule has 0 aliphatic carbocycles. The van der Waals surface area contributed by atoms with Crippen molar-refractivity contribution < 1.29 is 34.2 Å². The molecule has 40 heavy (non-hydrogen) atoms. The highest BCUT2D eigenvalue weighted by Crippen LogP contribution is 2.09. The third kappa shape index (κ3) is 12.6. The number of carboxylic acid groups (broad SMARTS) is 2. The summed E-state index contributed by atoms with van der Waals surface area (Å²) in [6.07, 6.45) is 0.181. The van der Waals surface area contributed by atoms with Gasteiger partial charge in [0.25, 0.3) is 0 Å². The van der Waals surface area contributed by atoms with Crippen LogP contribution in [-0.2, 0) is 30.4 Å². The standard InChI is InChI=1S/C26H41N7O7/c1-3-15(2)21(27)24(38)32-17(10-7-13-30-26(28)29)22(36)31-18(11-12-20(34)35)23(37)33-19(25(39)40)14-16-8-5-4-6-9-16/h4-6,8-9,15,17-19,21H,3,7,10-14,27H2,1-2H3,(H,31,36)(H,32,38)(H,33,37)(H,34,35)(H,39,40)(H4,28,29,30). The molecule has 5 unspecified atom stereocenters. The molecule has 3 amide bonds. The zero-order chi connectivity index (χ0) is 30.2. The smallest absolute Gasteiger partial charge is 0.326 e. The Labute approximate surface area is 233 Å². The van der Waals surface area contributed by atoms with Crippen LogP contribution >= 0.6 is 0 Å². The monoisotopic (exact) mass is 563 g/mol. The molecular weight excluding hydrogens is 522 g/mol. The predicted molar refractivity (Wildman–Crippen MR) is 148 cm³/mol. The molecule has 0 aliphatic heterocycles. The van der Waals surface area contributed by atoms with Gasteiger partial charge in [0.1, 0.15) is 18.1 Å². The Balaban J connectivity index is 3.10. The molecule has 11 N–H and O–H groups in total. The summed E-state index contributed by atoms with van der Waals surface area (Å²) in [6.45, 7) is 3.83. The quantitative estimate of drug-likeness (QED) is 0.0618. The van der Waals surface area contributed by atoms with Crippen LogP contribution in [0.15, 0.2) is 35.3 Å². The highest BCUT2D eigenvalue weighted by molar-refractivity contribution is 5.94. The molecule has 0 saturated heterocycles. The molecule has 0 radical (unpaired) electrons. The maximum Gasteiger partial charge on any atom is 0.326 e. The summed E-state index contributed by atoms with van der Waals surface area (Å²) in [5.41, 5.74) is 17.3. The maximum atomic E-state index is 13.2. The highest BCUT2D eigenvalue weighted by Gasteiger charge is 2.31. The third-order valence-electron chi connectivity index (χ3n) is 6.32. The van der Waals surface area contributed by atoms with E-state index >= 15 is 0 Å². The van der Waals surface area contributed by atoms with Crippen molar-refractivity contribution in [1.82, 2.24) is 16.0 Å². The van der Waals surface area contributed by atoms with E-state index in [9.17, 15) is 29.1 Å². The van der Waals surface area contributed by atoms with Gasteiger partial charge in [-0.25, -0.2) is 4.79 Å². The van der Waals surface area contributed by atoms with E-state index in [0.29, 0.717) is 18.4 Å². The van der Waals surface area contributed by atoms with Crippen LogP contribution in [0.3, 0.4) is 0 Å². The number of carboxylic acids is 2. The first-order chi connectivity index (χ1) is 18.8. The van der Waals surface area contributed by atoms with Gasteiger partial charge in [0.2, 0.25) is 17.7 Å². The molecule has 14 heteroatoms. The van der Waals surface area contributed by atoms with E-state index in [4.69, 9.17) is 22.3 Å². The van der Waals surface area contributed by atoms with Gasteiger partial charge in [0.15, 0.2) is 5.96 Å². The Morgan fingerprint density at radius 2 is 1.43 bits per heavy atom. The van der Waals surface area contributed by atoms with Gasteiger partial charge >= 0.3 is 11.9 Å². The van der Waals surface area contributed by atoms with Crippen molar-refractivity contribution >= 4 is 35.6 Å². The molecular formula is C26H41N7O7. The van der Waals surface area contributed by atoms with Gasteiger partial charge in [-0.3, -0.25) is 24.2 Å². The first-order valence-corrected chi connectivity index (χ1v) is 13.1. The van der Waals surface area contributed by atoms with Gasteiger partial charge < -0.3 is 43.4 Å². The van der Waals surface area contributed by atoms with Crippen molar-refractivity contribution in [3.63, 3.8) is 0 Å². The SMILES string of the molecule is CCC(C)C(N)C(=O)NC(CCCN=C(N)N)C(=O)NC(CCC(=O)O)C(=O)NC(Cc1ccccc1)C(=O)O. The minimum atomic E-state index is -1.39. The summed E-state index contributed by atoms with van der Waals surface area (Å²) in [6, 6.07) is 3.86. The molecule has 0 heterocycles. The Kier molecular flexibility index (Phi) is 14.7. The molecule has 222 valence electrons. The zero-order valence-electron chi connectivity index (χ0n) is 22.8. The Morgan fingerprint density at radius 1 is 0.875 bits per heavy atom. The lowest BCUT2D eigenvalue weighted by atomic mass is 9.98. The second-order valence-corrected chi connectivity index (χ2v) is 9.50. The molecule has 0 fully saturated rings. The van der Waals surface area contributed by atoms with Crippen molar-refractivity contribution in [2.75, 3.05) is 6.54 Å². The van der Waals surface area contributed by atoms with Crippen molar-refractivity contribution in [3.8, 4) is 0 Å². The lowest BCUT2D eigenvalue weighted by molar-refractivity contribution is -0.143. The van der Waals surface area contributed by atoms with E-state index in [2.05, 4.69) is 20.9 Å². The predicted octanol–water partition coefficient (Wildman–Crippen LogP) is -0.940. The second kappa shape index (κ2) is 17.4. The number of amides is 3. The maximum absolute atomic E-state index is 13.2. The average molecular weight is 564 g/mol. The number of aliphatic carboxylic acids is 2. The van der Waals surface area contributed by atoms with Gasteiger partial charge in [-0.1, -0.05) is 50.6 Å². The summed E-state index contributed by atoms with van der Waals surface area (Å²) >= 11 is 0. The number of aliphatic imine (C=N–C) groups is 1. The van der Waals surface area contributed by atoms with Crippen molar-refractivity contribution in [2.45, 2.75) is 76.5 Å². The summed E-state index contributed by atoms with van der Waals surface area (Å²) < 4.78 is 0. The van der Waals surface area contributed by atoms with Gasteiger partial charge in [-0.2, -0.15) is 0 Å². The fourth-order valence-corrected chi connectivity index (χ4v) is 3.68. The van der Waals surface area contributed by atoms with Gasteiger partial charge in [-0.05, 0) is 30.7 Å². The number of rotatable bonds is 18. The number of nitrogens with one attached hydrogen (secondary N) is 3. The summed E-state index contributed by atoms with van der Waals surface area (Å²) in [7, 11) is 0. The van der Waals surface area contributed by atoms with Crippen LogP contribution in [0, 0.1) is 5.92 Å². The number of hydrogen-bond acceptors (Lipinski definition) is 7. The van der Waals surface area contributed by atoms with Crippen molar-refractivity contribution in [2.24, 2.45) is 28.1 Å². The molecule has 1 aromatic rings. The van der Waals surface area contributed by atoms with E-state index in [1.807, 2.05) is 6.92 Å². The molecule has 14 nitrogen and oxygen atoms in total. The number of hydrogen-bond donors (Lipinski definition) is 8. The van der Waals surface area contributed by atoms with Gasteiger partial charge in [0.05, 0.1) is 6.04 Å². The second-order valence-electron chi connectivity index (χ2n) is 9.50. The summed E-state index contributed by atoms with van der Waals surface area (Å²) in [4.78, 5) is 65.9. The summed E-state index contributed by atoms with van der Waals surface area (Å²) in [5, 5.41) is 26.2. The van der Waals surface area contributed by atoms with Crippen LogP contribution in [0.4, 0.5) is 0 Å². The third-order valence-corrected chi connectivity index (χ3v) is 6.32. The highest BCUT2D eigenvalue weighted by atomic mass is 16.4. The van der Waals surface area contributed by atoms with Crippen LogP contribution in [0.1, 0.15) is 51.5 Å². The fourth-order valence-electron chi connectivity index (χ4n) is 3.68. The van der Waals surface area contributed by atoms with E-state index in [-0.39, 0.29) is 37.7 Å². The molecule has 0 aliphatic rings. The zero-order valence-corrected chi connectivity index (χ0v) is 22.8. The average Bonchev–Trinajstić information content (AvgIpc) is 2.91. The topological polar surface area (TPSA) is 252 Å². The van der Waals surface area contributed by atoms with Crippen molar-refractivity contribution in [3.05, 3.63) is 35.9 Å². The van der Waals surface area contributed by atoms with Crippen LogP contribution < -0.4 is 33.2 Å². The first kappa shape index (κ1) is 33.8. The normalized spacial score (nSPS) is 14.5. The van der Waals surface area contributed by atoms with Crippen LogP contribution in [-0.4, -0.2) is 76.5 Å². The molecule has 0 saturated carbocycles. The number of benzene rings is 1. The number of nitrogens with two attached hydrogens (primary N) is 3. The van der Waals surface area contributed by atoms with E-state index < -0.39 is 60.2 Å². The lowest BCUT2D eigenvalue weighted by Crippen LogP contribution is -2.57. The van der Waals surface area contributed by atoms with E-state index in [0.717, 1.165) is 0 Å². The Bertz CT molecular complexity index is 1030. The van der Waals surface area contributed by atoms with E-state index in [1.165, 1.54) is 0 Å². The summed E-state index contributed by atoms with van der Waals surface area (Å²) in [5.74, 6) is -5.04. The lowest BCUT2D eigenvalue weighted by Gasteiger charge is -2.26. The van der Waals surface area contributed by atoms with Crippen LogP contribution in [0.5, 0.6) is 0 Å². The Morgan fingerprint density at radius 3 is 1.95 bits per heavy atom.